The van der Waals surface area contributed by atoms with Gasteiger partial charge in [0, 0.05) is 34.7 Å². The van der Waals surface area contributed by atoms with Gasteiger partial charge in [0.25, 0.3) is 0 Å². The average Bonchev–Trinajstić information content (AvgIpc) is 3.33. The summed E-state index contributed by atoms with van der Waals surface area (Å²) in [5.41, 5.74) is 2.58. The number of amides is 1. The molecule has 0 saturated heterocycles. The van der Waals surface area contributed by atoms with Crippen molar-refractivity contribution < 1.29 is 24.2 Å². The number of carbonyl (C=O) groups is 3. The number of nitrogens with one attached hydrogen (secondary N) is 1. The fourth-order valence-electron chi connectivity index (χ4n) is 4.46. The summed E-state index contributed by atoms with van der Waals surface area (Å²) in [4.78, 5) is 42.2. The standard InChI is InChI=1S/C31H38BrN3O5S/c1-5-6-7-28-33-16-24(35(28)18-21-8-13-26(30(37)38)27(32)15-21)17-34-29(36)23(14-20(2)3)19-41-31(39)22-9-11-25(40-4)12-10-22/h8-13,15-16,20,23H,5-7,14,17-19H2,1-4H3,(H,34,36)(H,37,38). The Morgan fingerprint density at radius 3 is 2.49 bits per heavy atom. The smallest absolute Gasteiger partial charge is 0.336 e. The van der Waals surface area contributed by atoms with Gasteiger partial charge < -0.3 is 19.7 Å². The summed E-state index contributed by atoms with van der Waals surface area (Å²) in [7, 11) is 1.58. The molecule has 0 saturated carbocycles. The van der Waals surface area contributed by atoms with Crippen LogP contribution >= 0.6 is 27.7 Å². The van der Waals surface area contributed by atoms with E-state index in [1.54, 1.807) is 49.7 Å². The van der Waals surface area contributed by atoms with Crippen LogP contribution in [0.2, 0.25) is 0 Å². The van der Waals surface area contributed by atoms with Crippen molar-refractivity contribution >= 4 is 44.7 Å². The summed E-state index contributed by atoms with van der Waals surface area (Å²) in [6.07, 6.45) is 5.28. The predicted octanol–water partition coefficient (Wildman–Crippen LogP) is 6.60. The van der Waals surface area contributed by atoms with E-state index in [2.05, 4.69) is 51.6 Å². The lowest BCUT2D eigenvalue weighted by molar-refractivity contribution is -0.125. The molecule has 0 spiro atoms. The number of hydrogen-bond donors (Lipinski definition) is 2. The fourth-order valence-corrected chi connectivity index (χ4v) is 6.00. The largest absolute Gasteiger partial charge is 0.497 e. The molecule has 3 aromatic rings. The van der Waals surface area contributed by atoms with Crippen LogP contribution in [0.25, 0.3) is 0 Å². The summed E-state index contributed by atoms with van der Waals surface area (Å²) >= 11 is 4.53. The van der Waals surface area contributed by atoms with Gasteiger partial charge in [-0.3, -0.25) is 9.59 Å². The number of benzene rings is 2. The Hall–Kier alpha value is -3.11. The first kappa shape index (κ1) is 32.4. The summed E-state index contributed by atoms with van der Waals surface area (Å²) in [5, 5.41) is 12.4. The lowest BCUT2D eigenvalue weighted by Crippen LogP contribution is -2.33. The minimum atomic E-state index is -0.988. The molecule has 2 N–H and O–H groups in total. The van der Waals surface area contributed by atoms with Crippen LogP contribution in [0.1, 0.15) is 77.8 Å². The molecule has 41 heavy (non-hydrogen) atoms. The molecule has 220 valence electrons. The SMILES string of the molecule is CCCCc1ncc(CNC(=O)C(CSC(=O)c2ccc(OC)cc2)CC(C)C)n1Cc1ccc(C(=O)O)c(Br)c1. The lowest BCUT2D eigenvalue weighted by Gasteiger charge is -2.19. The van der Waals surface area contributed by atoms with E-state index in [0.29, 0.717) is 47.0 Å². The van der Waals surface area contributed by atoms with Gasteiger partial charge in [-0.05, 0) is 76.7 Å². The number of thioether (sulfide) groups is 1. The zero-order chi connectivity index (χ0) is 29.9. The van der Waals surface area contributed by atoms with Crippen molar-refractivity contribution in [2.75, 3.05) is 12.9 Å². The molecule has 0 radical (unpaired) electrons. The second-order valence-corrected chi connectivity index (χ2v) is 12.2. The molecule has 1 amide bonds. The first-order valence-corrected chi connectivity index (χ1v) is 15.5. The van der Waals surface area contributed by atoms with Crippen LogP contribution in [0.4, 0.5) is 0 Å². The van der Waals surface area contributed by atoms with Gasteiger partial charge in [-0.15, -0.1) is 0 Å². The molecular formula is C31H38BrN3O5S. The van der Waals surface area contributed by atoms with Gasteiger partial charge in [-0.1, -0.05) is 45.0 Å². The number of ether oxygens (including phenoxy) is 1. The first-order chi connectivity index (χ1) is 19.6. The van der Waals surface area contributed by atoms with Crippen molar-refractivity contribution in [3.63, 3.8) is 0 Å². The molecule has 3 rings (SSSR count). The second-order valence-electron chi connectivity index (χ2n) is 10.3. The number of aromatic carboxylic acids is 1. The number of aryl methyl sites for hydroxylation is 1. The molecule has 0 fully saturated rings. The van der Waals surface area contributed by atoms with Crippen molar-refractivity contribution in [2.24, 2.45) is 11.8 Å². The van der Waals surface area contributed by atoms with Crippen molar-refractivity contribution in [3.8, 4) is 5.75 Å². The Kier molecular flexibility index (Phi) is 12.5. The molecule has 2 aromatic carbocycles. The number of halogens is 1. The molecule has 1 unspecified atom stereocenters. The third-order valence-electron chi connectivity index (χ3n) is 6.69. The summed E-state index contributed by atoms with van der Waals surface area (Å²) in [5.74, 6) is 0.890. The van der Waals surface area contributed by atoms with Crippen LogP contribution in [0.5, 0.6) is 5.75 Å². The first-order valence-electron chi connectivity index (χ1n) is 13.8. The Bertz CT molecular complexity index is 1340. The third kappa shape index (κ3) is 9.46. The fraction of sp³-hybridized carbons (Fsp3) is 0.419. The van der Waals surface area contributed by atoms with E-state index in [9.17, 15) is 19.5 Å². The van der Waals surface area contributed by atoms with Gasteiger partial charge in [0.2, 0.25) is 11.0 Å². The number of hydrogen-bond acceptors (Lipinski definition) is 6. The second kappa shape index (κ2) is 15.8. The molecule has 8 nitrogen and oxygen atoms in total. The van der Waals surface area contributed by atoms with E-state index in [1.165, 1.54) is 0 Å². The number of rotatable bonds is 15. The highest BCUT2D eigenvalue weighted by Crippen LogP contribution is 2.24. The predicted molar refractivity (Wildman–Crippen MR) is 166 cm³/mol. The maximum atomic E-state index is 13.3. The number of carboxylic acids is 1. The molecule has 10 heteroatoms. The molecule has 0 aliphatic rings. The highest BCUT2D eigenvalue weighted by atomic mass is 79.9. The number of imidazole rings is 1. The Morgan fingerprint density at radius 1 is 1.15 bits per heavy atom. The number of carbonyl (C=O) groups excluding carboxylic acids is 2. The summed E-state index contributed by atoms with van der Waals surface area (Å²) < 4.78 is 7.78. The van der Waals surface area contributed by atoms with E-state index >= 15 is 0 Å². The molecule has 0 aliphatic heterocycles. The monoisotopic (exact) mass is 643 g/mol. The van der Waals surface area contributed by atoms with E-state index in [0.717, 1.165) is 48.1 Å². The number of nitrogens with zero attached hydrogens (tertiary/aromatic N) is 2. The lowest BCUT2D eigenvalue weighted by atomic mass is 9.98. The minimum Gasteiger partial charge on any atom is -0.497 e. The number of carboxylic acid groups (broad SMARTS) is 1. The Balaban J connectivity index is 1.71. The van der Waals surface area contributed by atoms with Crippen molar-refractivity contribution in [1.29, 1.82) is 0 Å². The molecule has 1 heterocycles. The van der Waals surface area contributed by atoms with Gasteiger partial charge in [0.15, 0.2) is 0 Å². The third-order valence-corrected chi connectivity index (χ3v) is 8.41. The van der Waals surface area contributed by atoms with Crippen LogP contribution in [0.15, 0.2) is 53.1 Å². The zero-order valence-electron chi connectivity index (χ0n) is 24.0. The normalized spacial score (nSPS) is 11.9. The van der Waals surface area contributed by atoms with Crippen LogP contribution in [-0.4, -0.2) is 44.5 Å². The zero-order valence-corrected chi connectivity index (χ0v) is 26.4. The molecule has 0 aliphatic carbocycles. The van der Waals surface area contributed by atoms with Gasteiger partial charge in [-0.25, -0.2) is 9.78 Å². The Morgan fingerprint density at radius 2 is 1.88 bits per heavy atom. The van der Waals surface area contributed by atoms with Gasteiger partial charge in [0.05, 0.1) is 31.1 Å². The molecule has 0 bridgehead atoms. The Labute approximate surface area is 254 Å². The maximum Gasteiger partial charge on any atom is 0.336 e. The minimum absolute atomic E-state index is 0.0760. The maximum absolute atomic E-state index is 13.3. The molecule has 1 aromatic heterocycles. The van der Waals surface area contributed by atoms with Crippen LogP contribution in [0.3, 0.4) is 0 Å². The quantitative estimate of drug-likeness (QED) is 0.192. The van der Waals surface area contributed by atoms with Crippen LogP contribution in [0, 0.1) is 11.8 Å². The van der Waals surface area contributed by atoms with Crippen LogP contribution < -0.4 is 10.1 Å². The van der Waals surface area contributed by atoms with Crippen molar-refractivity contribution in [2.45, 2.75) is 59.5 Å². The highest BCUT2D eigenvalue weighted by molar-refractivity contribution is 9.10. The average molecular weight is 645 g/mol. The van der Waals surface area contributed by atoms with E-state index in [4.69, 9.17) is 4.74 Å². The topological polar surface area (TPSA) is 111 Å². The van der Waals surface area contributed by atoms with Gasteiger partial charge in [0.1, 0.15) is 11.6 Å². The van der Waals surface area contributed by atoms with Crippen molar-refractivity contribution in [3.05, 3.63) is 81.3 Å². The van der Waals surface area contributed by atoms with E-state index < -0.39 is 5.97 Å². The number of methoxy groups -OCH3 is 1. The summed E-state index contributed by atoms with van der Waals surface area (Å²) in [6, 6.07) is 12.2. The number of aromatic nitrogens is 2. The molecule has 1 atom stereocenters. The summed E-state index contributed by atoms with van der Waals surface area (Å²) in [6.45, 7) is 7.07. The van der Waals surface area contributed by atoms with E-state index in [-0.39, 0.29) is 22.5 Å². The van der Waals surface area contributed by atoms with Crippen LogP contribution in [-0.2, 0) is 24.3 Å². The van der Waals surface area contributed by atoms with Gasteiger partial charge >= 0.3 is 5.97 Å². The molecular weight excluding hydrogens is 606 g/mol. The highest BCUT2D eigenvalue weighted by Gasteiger charge is 2.23. The van der Waals surface area contributed by atoms with E-state index in [1.807, 2.05) is 6.07 Å². The van der Waals surface area contributed by atoms with Crippen molar-refractivity contribution in [1.82, 2.24) is 14.9 Å². The van der Waals surface area contributed by atoms with Gasteiger partial charge in [-0.2, -0.15) is 0 Å². The number of unbranched alkanes of at least 4 members (excludes halogenated alkanes) is 1.